The number of benzene rings is 2. The number of hydrogen-bond acceptors (Lipinski definition) is 2. The van der Waals surface area contributed by atoms with Crippen molar-refractivity contribution in [3.05, 3.63) is 69.7 Å². The highest BCUT2D eigenvalue weighted by atomic mass is 79.9. The Morgan fingerprint density at radius 3 is 2.28 bits per heavy atom. The minimum Gasteiger partial charge on any atom is -0.357 e. The molecule has 0 fully saturated rings. The fraction of sp³-hybridized carbons (Fsp3) is 0.417. The second-order valence-electron chi connectivity index (χ2n) is 8.39. The van der Waals surface area contributed by atoms with Crippen LogP contribution in [-0.2, 0) is 28.0 Å². The lowest BCUT2D eigenvalue weighted by molar-refractivity contribution is -0.140. The van der Waals surface area contributed by atoms with Gasteiger partial charge in [0.25, 0.3) is 0 Å². The molecule has 0 heterocycles. The zero-order valence-corrected chi connectivity index (χ0v) is 19.5. The lowest BCUT2D eigenvalue weighted by Crippen LogP contribution is -2.46. The topological polar surface area (TPSA) is 49.4 Å². The second kappa shape index (κ2) is 10.1. The predicted octanol–water partition coefficient (Wildman–Crippen LogP) is 4.84. The number of aryl methyl sites for hydroxylation is 1. The maximum Gasteiger partial charge on any atom is 0.242 e. The molecule has 0 aromatic heterocycles. The summed E-state index contributed by atoms with van der Waals surface area (Å²) in [4.78, 5) is 26.9. The van der Waals surface area contributed by atoms with E-state index < -0.39 is 6.04 Å². The van der Waals surface area contributed by atoms with Gasteiger partial charge in [-0.05, 0) is 47.6 Å². The fourth-order valence-corrected chi connectivity index (χ4v) is 3.64. The van der Waals surface area contributed by atoms with Crippen molar-refractivity contribution in [2.24, 2.45) is 0 Å². The first-order valence-corrected chi connectivity index (χ1v) is 10.8. The molecule has 0 radical (unpaired) electrons. The Hall–Kier alpha value is -2.14. The molecule has 0 spiro atoms. The van der Waals surface area contributed by atoms with Gasteiger partial charge in [0.2, 0.25) is 11.8 Å². The Labute approximate surface area is 182 Å². The molecule has 29 heavy (non-hydrogen) atoms. The maximum atomic E-state index is 13.0. The summed E-state index contributed by atoms with van der Waals surface area (Å²) < 4.78 is 0.953. The third-order valence-electron chi connectivity index (χ3n) is 5.10. The van der Waals surface area contributed by atoms with E-state index in [1.807, 2.05) is 24.3 Å². The average Bonchev–Trinajstić information content (AvgIpc) is 2.68. The van der Waals surface area contributed by atoms with Crippen LogP contribution in [0.5, 0.6) is 0 Å². The molecular weight excluding hydrogens is 428 g/mol. The Morgan fingerprint density at radius 1 is 1.07 bits per heavy atom. The average molecular weight is 459 g/mol. The van der Waals surface area contributed by atoms with E-state index >= 15 is 0 Å². The number of carbonyl (C=O) groups excluding carboxylic acids is 2. The highest BCUT2D eigenvalue weighted by Crippen LogP contribution is 2.23. The van der Waals surface area contributed by atoms with Gasteiger partial charge in [0, 0.05) is 24.5 Å². The second-order valence-corrected chi connectivity index (χ2v) is 9.30. The van der Waals surface area contributed by atoms with Crippen molar-refractivity contribution in [1.82, 2.24) is 10.2 Å². The highest BCUT2D eigenvalue weighted by molar-refractivity contribution is 9.10. The molecule has 2 aromatic rings. The first-order chi connectivity index (χ1) is 13.6. The first-order valence-electron chi connectivity index (χ1n) is 9.96. The first kappa shape index (κ1) is 23.1. The standard InChI is InChI=1S/C24H31BrN2O2/c1-17(23(29)26-5)27(16-19-7-6-8-21(25)15-19)22(28)14-11-18-9-12-20(13-10-18)24(2,3)4/h6-10,12-13,15,17H,11,14,16H2,1-5H3,(H,26,29). The number of hydrogen-bond donors (Lipinski definition) is 1. The molecule has 2 aromatic carbocycles. The van der Waals surface area contributed by atoms with E-state index in [4.69, 9.17) is 0 Å². The zero-order chi connectivity index (χ0) is 21.6. The van der Waals surface area contributed by atoms with Crippen LogP contribution in [0, 0.1) is 0 Å². The van der Waals surface area contributed by atoms with Crippen molar-refractivity contribution in [2.45, 2.75) is 58.5 Å². The van der Waals surface area contributed by atoms with E-state index in [0.29, 0.717) is 19.4 Å². The summed E-state index contributed by atoms with van der Waals surface area (Å²) in [5.74, 6) is -0.191. The Kier molecular flexibility index (Phi) is 8.03. The van der Waals surface area contributed by atoms with E-state index in [1.165, 1.54) is 5.56 Å². The van der Waals surface area contributed by atoms with Gasteiger partial charge in [-0.1, -0.05) is 73.1 Å². The van der Waals surface area contributed by atoms with E-state index in [-0.39, 0.29) is 17.2 Å². The normalized spacial score (nSPS) is 12.3. The zero-order valence-electron chi connectivity index (χ0n) is 18.0. The van der Waals surface area contributed by atoms with E-state index in [9.17, 15) is 9.59 Å². The Balaban J connectivity index is 2.11. The maximum absolute atomic E-state index is 13.0. The Bertz CT molecular complexity index is 841. The van der Waals surface area contributed by atoms with Crippen LogP contribution in [0.2, 0.25) is 0 Å². The largest absolute Gasteiger partial charge is 0.357 e. The molecular formula is C24H31BrN2O2. The summed E-state index contributed by atoms with van der Waals surface area (Å²) in [5.41, 5.74) is 3.49. The van der Waals surface area contributed by atoms with Crippen LogP contribution in [0.25, 0.3) is 0 Å². The number of halogens is 1. The van der Waals surface area contributed by atoms with Crippen molar-refractivity contribution < 1.29 is 9.59 Å². The molecule has 2 amide bonds. The number of likely N-dealkylation sites (N-methyl/N-ethyl adjacent to an activating group) is 1. The molecule has 0 aliphatic heterocycles. The monoisotopic (exact) mass is 458 g/mol. The summed E-state index contributed by atoms with van der Waals surface area (Å²) >= 11 is 3.47. The van der Waals surface area contributed by atoms with Crippen LogP contribution in [-0.4, -0.2) is 29.8 Å². The molecule has 0 bridgehead atoms. The van der Waals surface area contributed by atoms with Gasteiger partial charge in [-0.3, -0.25) is 9.59 Å². The molecule has 0 saturated heterocycles. The van der Waals surface area contributed by atoms with Gasteiger partial charge in [0.1, 0.15) is 6.04 Å². The van der Waals surface area contributed by atoms with Crippen LogP contribution in [0.4, 0.5) is 0 Å². The van der Waals surface area contributed by atoms with Crippen molar-refractivity contribution in [3.8, 4) is 0 Å². The molecule has 1 N–H and O–H groups in total. The van der Waals surface area contributed by atoms with Crippen LogP contribution >= 0.6 is 15.9 Å². The molecule has 5 heteroatoms. The molecule has 0 aliphatic carbocycles. The highest BCUT2D eigenvalue weighted by Gasteiger charge is 2.25. The molecule has 0 saturated carbocycles. The minimum absolute atomic E-state index is 0.0269. The summed E-state index contributed by atoms with van der Waals surface area (Å²) in [6, 6.07) is 15.7. The molecule has 0 aliphatic rings. The smallest absolute Gasteiger partial charge is 0.242 e. The van der Waals surface area contributed by atoms with Crippen LogP contribution < -0.4 is 5.32 Å². The van der Waals surface area contributed by atoms with E-state index in [1.54, 1.807) is 18.9 Å². The van der Waals surface area contributed by atoms with Gasteiger partial charge >= 0.3 is 0 Å². The van der Waals surface area contributed by atoms with Gasteiger partial charge in [-0.2, -0.15) is 0 Å². The molecule has 156 valence electrons. The van der Waals surface area contributed by atoms with Crippen LogP contribution in [0.15, 0.2) is 53.0 Å². The third kappa shape index (κ3) is 6.70. The van der Waals surface area contributed by atoms with E-state index in [0.717, 1.165) is 15.6 Å². The number of nitrogens with one attached hydrogen (secondary N) is 1. The third-order valence-corrected chi connectivity index (χ3v) is 5.60. The van der Waals surface area contributed by atoms with Gasteiger partial charge < -0.3 is 10.2 Å². The number of amides is 2. The van der Waals surface area contributed by atoms with Gasteiger partial charge in [0.15, 0.2) is 0 Å². The van der Waals surface area contributed by atoms with Gasteiger partial charge in [-0.25, -0.2) is 0 Å². The van der Waals surface area contributed by atoms with Crippen LogP contribution in [0.3, 0.4) is 0 Å². The van der Waals surface area contributed by atoms with E-state index in [2.05, 4.69) is 66.3 Å². The van der Waals surface area contributed by atoms with Crippen LogP contribution in [0.1, 0.15) is 50.8 Å². The summed E-state index contributed by atoms with van der Waals surface area (Å²) in [7, 11) is 1.59. The lowest BCUT2D eigenvalue weighted by Gasteiger charge is -2.28. The minimum atomic E-state index is -0.533. The summed E-state index contributed by atoms with van der Waals surface area (Å²) in [5, 5.41) is 2.65. The molecule has 4 nitrogen and oxygen atoms in total. The summed E-state index contributed by atoms with van der Waals surface area (Å²) in [6.45, 7) is 8.73. The van der Waals surface area contributed by atoms with Gasteiger partial charge in [0.05, 0.1) is 0 Å². The van der Waals surface area contributed by atoms with Gasteiger partial charge in [-0.15, -0.1) is 0 Å². The number of rotatable bonds is 7. The van der Waals surface area contributed by atoms with Crippen molar-refractivity contribution >= 4 is 27.7 Å². The fourth-order valence-electron chi connectivity index (χ4n) is 3.19. The predicted molar refractivity (Wildman–Crippen MR) is 122 cm³/mol. The SMILES string of the molecule is CNC(=O)C(C)N(Cc1cccc(Br)c1)C(=O)CCc1ccc(C(C)(C)C)cc1. The number of nitrogens with zero attached hydrogens (tertiary/aromatic N) is 1. The lowest BCUT2D eigenvalue weighted by atomic mass is 9.86. The summed E-state index contributed by atoms with van der Waals surface area (Å²) in [6.07, 6.45) is 1.02. The van der Waals surface area contributed by atoms with Crippen molar-refractivity contribution in [3.63, 3.8) is 0 Å². The molecule has 1 atom stereocenters. The molecule has 2 rings (SSSR count). The Morgan fingerprint density at radius 2 is 1.72 bits per heavy atom. The quantitative estimate of drug-likeness (QED) is 0.644. The van der Waals surface area contributed by atoms with Crippen molar-refractivity contribution in [2.75, 3.05) is 7.05 Å². The number of carbonyl (C=O) groups is 2. The molecule has 1 unspecified atom stereocenters. The van der Waals surface area contributed by atoms with Crippen molar-refractivity contribution in [1.29, 1.82) is 0 Å².